The zero-order valence-electron chi connectivity index (χ0n) is 7.70. The first kappa shape index (κ1) is 18.3. The number of rotatable bonds is 2. The Bertz CT molecular complexity index is 172. The second-order valence-electron chi connectivity index (χ2n) is 2.17. The van der Waals surface area contributed by atoms with E-state index in [2.05, 4.69) is 13.2 Å². The zero-order chi connectivity index (χ0) is 10.3. The van der Waals surface area contributed by atoms with Crippen LogP contribution in [-0.2, 0) is 42.3 Å². The molecule has 0 aromatic carbocycles. The fraction of sp³-hybridized carbons (Fsp3) is 0.250. The molecule has 0 bridgehead atoms. The molecule has 0 fully saturated rings. The van der Waals surface area contributed by atoms with E-state index >= 15 is 0 Å². The van der Waals surface area contributed by atoms with Crippen LogP contribution in [0.1, 0.15) is 13.8 Å². The Morgan fingerprint density at radius 3 is 1.00 bits per heavy atom. The molecule has 2 N–H and O–H groups in total. The molecule has 4 nitrogen and oxygen atoms in total. The molecule has 0 aliphatic rings. The van der Waals surface area contributed by atoms with Gasteiger partial charge in [0.05, 0.1) is 0 Å². The third kappa shape index (κ3) is 18.5. The predicted molar refractivity (Wildman–Crippen MR) is 44.9 cm³/mol. The smallest absolute Gasteiger partial charge is 0.330 e. The second-order valence-corrected chi connectivity index (χ2v) is 2.17. The van der Waals surface area contributed by atoms with Crippen LogP contribution in [0.15, 0.2) is 24.3 Å². The van der Waals surface area contributed by atoms with Crippen LogP contribution in [0.3, 0.4) is 0 Å². The van der Waals surface area contributed by atoms with Gasteiger partial charge < -0.3 is 10.2 Å². The largest absolute Gasteiger partial charge is 0.478 e. The summed E-state index contributed by atoms with van der Waals surface area (Å²) in [4.78, 5) is 19.2. The van der Waals surface area contributed by atoms with Crippen molar-refractivity contribution in [3.63, 3.8) is 0 Å². The molecule has 0 aliphatic carbocycles. The molecule has 0 aromatic heterocycles. The minimum atomic E-state index is -0.935. The van der Waals surface area contributed by atoms with Crippen molar-refractivity contribution >= 4 is 11.9 Å². The van der Waals surface area contributed by atoms with Crippen LogP contribution in [0.2, 0.25) is 0 Å². The molecule has 1 radical (unpaired) electrons. The fourth-order valence-electron chi connectivity index (χ4n) is 0. The van der Waals surface area contributed by atoms with Gasteiger partial charge >= 0.3 is 11.9 Å². The maximum atomic E-state index is 9.60. The van der Waals surface area contributed by atoms with Gasteiger partial charge in [-0.1, -0.05) is 13.2 Å². The first-order valence-electron chi connectivity index (χ1n) is 3.06. The summed E-state index contributed by atoms with van der Waals surface area (Å²) >= 11 is 0. The number of carboxylic acids is 2. The van der Waals surface area contributed by atoms with Crippen LogP contribution in [0.5, 0.6) is 0 Å². The number of hydrogen-bond acceptors (Lipinski definition) is 2. The van der Waals surface area contributed by atoms with Crippen molar-refractivity contribution in [3.05, 3.63) is 24.3 Å². The minimum absolute atomic E-state index is 0. The molecule has 5 heteroatoms. The van der Waals surface area contributed by atoms with E-state index < -0.39 is 11.9 Å². The molecule has 0 aromatic rings. The Labute approximate surface area is 102 Å². The molecule has 0 rings (SSSR count). The van der Waals surface area contributed by atoms with Gasteiger partial charge in [-0.2, -0.15) is 0 Å². The average Bonchev–Trinajstić information content (AvgIpc) is 1.88. The summed E-state index contributed by atoms with van der Waals surface area (Å²) in [5.41, 5.74) is 0.352. The van der Waals surface area contributed by atoms with E-state index in [0.717, 1.165) is 0 Å². The summed E-state index contributed by atoms with van der Waals surface area (Å²) < 4.78 is 0. The van der Waals surface area contributed by atoms with Crippen molar-refractivity contribution in [2.75, 3.05) is 0 Å². The van der Waals surface area contributed by atoms with Crippen molar-refractivity contribution in [2.24, 2.45) is 0 Å². The van der Waals surface area contributed by atoms with E-state index in [1.165, 1.54) is 13.8 Å². The van der Waals surface area contributed by atoms with E-state index in [1.807, 2.05) is 0 Å². The molecule has 0 heterocycles. The molecule has 13 heavy (non-hydrogen) atoms. The molecule has 0 saturated heterocycles. The van der Waals surface area contributed by atoms with E-state index in [9.17, 15) is 9.59 Å². The van der Waals surface area contributed by atoms with Crippen LogP contribution in [0.4, 0.5) is 0 Å². The Morgan fingerprint density at radius 2 is 1.00 bits per heavy atom. The minimum Gasteiger partial charge on any atom is -0.478 e. The van der Waals surface area contributed by atoms with Crippen molar-refractivity contribution in [2.45, 2.75) is 13.8 Å². The van der Waals surface area contributed by atoms with E-state index in [4.69, 9.17) is 10.2 Å². The van der Waals surface area contributed by atoms with Gasteiger partial charge in [0.15, 0.2) is 0 Å². The summed E-state index contributed by atoms with van der Waals surface area (Å²) in [5, 5.41) is 15.8. The van der Waals surface area contributed by atoms with Crippen molar-refractivity contribution in [1.82, 2.24) is 0 Å². The predicted octanol–water partition coefficient (Wildman–Crippen LogP) is 1.29. The molecular weight excluding hydrogens is 249 g/mol. The molecule has 0 spiro atoms. The molecular formula is C8H12O4Y. The van der Waals surface area contributed by atoms with Crippen LogP contribution >= 0.6 is 0 Å². The number of carboxylic acid groups (broad SMARTS) is 2. The van der Waals surface area contributed by atoms with Crippen LogP contribution in [0, 0.1) is 0 Å². The fourth-order valence-corrected chi connectivity index (χ4v) is 0. The summed E-state index contributed by atoms with van der Waals surface area (Å²) in [7, 11) is 0. The van der Waals surface area contributed by atoms with Crippen LogP contribution in [-0.4, -0.2) is 22.2 Å². The van der Waals surface area contributed by atoms with E-state index in [1.54, 1.807) is 0 Å². The van der Waals surface area contributed by atoms with Gasteiger partial charge in [-0.3, -0.25) is 0 Å². The quantitative estimate of drug-likeness (QED) is 0.734. The van der Waals surface area contributed by atoms with Gasteiger partial charge in [0.1, 0.15) is 0 Å². The summed E-state index contributed by atoms with van der Waals surface area (Å²) in [6, 6.07) is 0. The Morgan fingerprint density at radius 1 is 0.923 bits per heavy atom. The van der Waals surface area contributed by atoms with E-state index in [-0.39, 0.29) is 43.9 Å². The van der Waals surface area contributed by atoms with Crippen LogP contribution < -0.4 is 0 Å². The Balaban J connectivity index is -0.000000143. The number of hydrogen-bond donors (Lipinski definition) is 2. The summed E-state index contributed by atoms with van der Waals surface area (Å²) in [6.07, 6.45) is 0. The topological polar surface area (TPSA) is 74.6 Å². The first-order valence-corrected chi connectivity index (χ1v) is 3.06. The van der Waals surface area contributed by atoms with E-state index in [0.29, 0.717) is 0 Å². The van der Waals surface area contributed by atoms with Gasteiger partial charge in [0.2, 0.25) is 0 Å². The van der Waals surface area contributed by atoms with Gasteiger partial charge in [-0.15, -0.1) is 0 Å². The molecule has 0 saturated carbocycles. The standard InChI is InChI=1S/2C4H6O2.Y/c2*1-3(2)4(5)6;/h2*1H2,2H3,(H,5,6);. The normalized spacial score (nSPS) is 6.92. The van der Waals surface area contributed by atoms with Gasteiger partial charge in [0, 0.05) is 43.9 Å². The zero-order valence-corrected chi connectivity index (χ0v) is 10.5. The van der Waals surface area contributed by atoms with Gasteiger partial charge in [-0.05, 0) is 13.8 Å². The molecule has 71 valence electrons. The third-order valence-electron chi connectivity index (χ3n) is 0.730. The second kappa shape index (κ2) is 9.61. The monoisotopic (exact) mass is 261 g/mol. The van der Waals surface area contributed by atoms with Crippen molar-refractivity contribution in [3.8, 4) is 0 Å². The number of carbonyl (C=O) groups is 2. The summed E-state index contributed by atoms with van der Waals surface area (Å²) in [6.45, 7) is 9.20. The molecule has 0 atom stereocenters. The van der Waals surface area contributed by atoms with Crippen molar-refractivity contribution in [1.29, 1.82) is 0 Å². The number of aliphatic carboxylic acids is 2. The first-order chi connectivity index (χ1) is 5.29. The maximum Gasteiger partial charge on any atom is 0.330 e. The molecule has 0 unspecified atom stereocenters. The third-order valence-corrected chi connectivity index (χ3v) is 0.730. The average molecular weight is 261 g/mol. The Hall–Kier alpha value is -0.476. The summed E-state index contributed by atoms with van der Waals surface area (Å²) in [5.74, 6) is -1.87. The van der Waals surface area contributed by atoms with Gasteiger partial charge in [-0.25, -0.2) is 9.59 Å². The van der Waals surface area contributed by atoms with Crippen molar-refractivity contribution < 1.29 is 52.5 Å². The van der Waals surface area contributed by atoms with Crippen LogP contribution in [0.25, 0.3) is 0 Å². The maximum absolute atomic E-state index is 9.60. The Kier molecular flexibility index (Phi) is 13.6. The SMILES string of the molecule is C=C(C)C(=O)O.C=C(C)C(=O)O.[Y]. The van der Waals surface area contributed by atoms with Gasteiger partial charge in [0.25, 0.3) is 0 Å². The molecule has 0 aliphatic heterocycles. The molecule has 0 amide bonds.